The van der Waals surface area contributed by atoms with Gasteiger partial charge in [-0.15, -0.1) is 0 Å². The van der Waals surface area contributed by atoms with Crippen LogP contribution in [-0.2, 0) is 4.79 Å². The van der Waals surface area contributed by atoms with Gasteiger partial charge in [0.15, 0.2) is 0 Å². The standard InChI is InChI=1S/C15H26N2O2/c18-15(19)11-4-6-12(7-5-11)16-13-8-10-17-9-2-1-3-14(13)17/h11-14,16H,1-10H2,(H,18,19). The molecule has 1 aliphatic carbocycles. The largest absolute Gasteiger partial charge is 0.481 e. The van der Waals surface area contributed by atoms with Gasteiger partial charge in [-0.25, -0.2) is 0 Å². The molecule has 1 saturated carbocycles. The van der Waals surface area contributed by atoms with Gasteiger partial charge in [-0.05, 0) is 51.5 Å². The predicted molar refractivity (Wildman–Crippen MR) is 74.1 cm³/mol. The second-order valence-corrected chi connectivity index (χ2v) is 6.55. The third-order valence-corrected chi connectivity index (χ3v) is 5.38. The molecule has 0 aromatic rings. The summed E-state index contributed by atoms with van der Waals surface area (Å²) < 4.78 is 0. The van der Waals surface area contributed by atoms with Gasteiger partial charge in [0, 0.05) is 24.7 Å². The average molecular weight is 266 g/mol. The van der Waals surface area contributed by atoms with E-state index in [1.54, 1.807) is 0 Å². The SMILES string of the molecule is O=C(O)C1CCC(NC2CCN3CCCCC23)CC1. The van der Waals surface area contributed by atoms with Crippen molar-refractivity contribution in [2.75, 3.05) is 13.1 Å². The van der Waals surface area contributed by atoms with E-state index in [1.807, 2.05) is 0 Å². The van der Waals surface area contributed by atoms with Gasteiger partial charge >= 0.3 is 5.97 Å². The number of carboxylic acids is 1. The van der Waals surface area contributed by atoms with Crippen molar-refractivity contribution in [1.82, 2.24) is 10.2 Å². The van der Waals surface area contributed by atoms with Crippen LogP contribution in [0.1, 0.15) is 51.4 Å². The Morgan fingerprint density at radius 1 is 1.00 bits per heavy atom. The quantitative estimate of drug-likeness (QED) is 0.818. The first-order valence-electron chi connectivity index (χ1n) is 7.97. The van der Waals surface area contributed by atoms with E-state index in [0.29, 0.717) is 12.1 Å². The molecule has 0 amide bonds. The lowest BCUT2D eigenvalue weighted by Gasteiger charge is -2.36. The van der Waals surface area contributed by atoms with Crippen LogP contribution in [0.25, 0.3) is 0 Å². The number of carboxylic acid groups (broad SMARTS) is 1. The van der Waals surface area contributed by atoms with Crippen LogP contribution < -0.4 is 5.32 Å². The maximum absolute atomic E-state index is 11.0. The molecule has 3 fully saturated rings. The molecule has 2 atom stereocenters. The highest BCUT2D eigenvalue weighted by atomic mass is 16.4. The van der Waals surface area contributed by atoms with Gasteiger partial charge in [0.2, 0.25) is 0 Å². The summed E-state index contributed by atoms with van der Waals surface area (Å²) in [7, 11) is 0. The van der Waals surface area contributed by atoms with Gasteiger partial charge < -0.3 is 10.4 Å². The van der Waals surface area contributed by atoms with Gasteiger partial charge in [-0.1, -0.05) is 6.42 Å². The van der Waals surface area contributed by atoms with E-state index in [4.69, 9.17) is 5.11 Å². The van der Waals surface area contributed by atoms with Crippen LogP contribution in [0.4, 0.5) is 0 Å². The minimum absolute atomic E-state index is 0.0900. The fourth-order valence-corrected chi connectivity index (χ4v) is 4.25. The topological polar surface area (TPSA) is 52.6 Å². The molecule has 2 saturated heterocycles. The van der Waals surface area contributed by atoms with Crippen LogP contribution in [0.3, 0.4) is 0 Å². The van der Waals surface area contributed by atoms with Crippen LogP contribution in [0.5, 0.6) is 0 Å². The fourth-order valence-electron chi connectivity index (χ4n) is 4.25. The molecule has 4 nitrogen and oxygen atoms in total. The van der Waals surface area contributed by atoms with Gasteiger partial charge in [0.05, 0.1) is 5.92 Å². The zero-order valence-electron chi connectivity index (χ0n) is 11.7. The number of piperidine rings is 1. The molecule has 3 aliphatic rings. The molecule has 0 spiro atoms. The molecule has 0 radical (unpaired) electrons. The van der Waals surface area contributed by atoms with E-state index in [1.165, 1.54) is 38.8 Å². The molecular formula is C15H26N2O2. The molecule has 3 rings (SSSR count). The van der Waals surface area contributed by atoms with E-state index in [9.17, 15) is 4.79 Å². The Morgan fingerprint density at radius 3 is 2.53 bits per heavy atom. The van der Waals surface area contributed by atoms with Crippen molar-refractivity contribution in [2.24, 2.45) is 5.92 Å². The van der Waals surface area contributed by atoms with Crippen molar-refractivity contribution in [3.05, 3.63) is 0 Å². The molecule has 0 bridgehead atoms. The van der Waals surface area contributed by atoms with Crippen molar-refractivity contribution in [3.8, 4) is 0 Å². The Hall–Kier alpha value is -0.610. The summed E-state index contributed by atoms with van der Waals surface area (Å²) in [6, 6.07) is 1.97. The summed E-state index contributed by atoms with van der Waals surface area (Å²) in [6.07, 6.45) is 9.17. The van der Waals surface area contributed by atoms with E-state index in [-0.39, 0.29) is 5.92 Å². The Bertz CT molecular complexity index is 326. The number of carbonyl (C=O) groups is 1. The average Bonchev–Trinajstić information content (AvgIpc) is 2.83. The summed E-state index contributed by atoms with van der Waals surface area (Å²) in [5, 5.41) is 12.9. The lowest BCUT2D eigenvalue weighted by molar-refractivity contribution is -0.142. The predicted octanol–water partition coefficient (Wildman–Crippen LogP) is 1.85. The lowest BCUT2D eigenvalue weighted by atomic mass is 9.85. The molecule has 0 aromatic carbocycles. The highest BCUT2D eigenvalue weighted by Gasteiger charge is 2.37. The van der Waals surface area contributed by atoms with Crippen molar-refractivity contribution in [2.45, 2.75) is 69.5 Å². The summed E-state index contributed by atoms with van der Waals surface area (Å²) in [6.45, 7) is 2.54. The maximum atomic E-state index is 11.0. The molecule has 2 heterocycles. The minimum Gasteiger partial charge on any atom is -0.481 e. The van der Waals surface area contributed by atoms with Crippen LogP contribution in [0.15, 0.2) is 0 Å². The Balaban J connectivity index is 1.48. The highest BCUT2D eigenvalue weighted by molar-refractivity contribution is 5.70. The van der Waals surface area contributed by atoms with Gasteiger partial charge in [-0.3, -0.25) is 9.69 Å². The van der Waals surface area contributed by atoms with E-state index < -0.39 is 5.97 Å². The van der Waals surface area contributed by atoms with Crippen LogP contribution in [0.2, 0.25) is 0 Å². The molecule has 0 aromatic heterocycles. The van der Waals surface area contributed by atoms with Crippen LogP contribution >= 0.6 is 0 Å². The highest BCUT2D eigenvalue weighted by Crippen LogP contribution is 2.30. The van der Waals surface area contributed by atoms with Crippen molar-refractivity contribution in [1.29, 1.82) is 0 Å². The number of nitrogens with one attached hydrogen (secondary N) is 1. The first-order chi connectivity index (χ1) is 9.24. The third-order valence-electron chi connectivity index (χ3n) is 5.38. The van der Waals surface area contributed by atoms with E-state index >= 15 is 0 Å². The number of fused-ring (bicyclic) bond motifs is 1. The Morgan fingerprint density at radius 2 is 1.79 bits per heavy atom. The molecule has 2 unspecified atom stereocenters. The molecule has 2 aliphatic heterocycles. The van der Waals surface area contributed by atoms with Gasteiger partial charge in [0.1, 0.15) is 0 Å². The maximum Gasteiger partial charge on any atom is 0.306 e. The number of hydrogen-bond donors (Lipinski definition) is 2. The molecule has 108 valence electrons. The molecule has 4 heteroatoms. The second kappa shape index (κ2) is 5.80. The van der Waals surface area contributed by atoms with Crippen molar-refractivity contribution < 1.29 is 9.90 Å². The monoisotopic (exact) mass is 266 g/mol. The molecule has 19 heavy (non-hydrogen) atoms. The number of nitrogens with zero attached hydrogens (tertiary/aromatic N) is 1. The van der Waals surface area contributed by atoms with Gasteiger partial charge in [-0.2, -0.15) is 0 Å². The summed E-state index contributed by atoms with van der Waals surface area (Å²) in [5.41, 5.74) is 0. The minimum atomic E-state index is -0.599. The first-order valence-corrected chi connectivity index (χ1v) is 7.97. The number of rotatable bonds is 3. The first kappa shape index (κ1) is 13.4. The summed E-state index contributed by atoms with van der Waals surface area (Å²) in [5.74, 6) is -0.689. The van der Waals surface area contributed by atoms with Gasteiger partial charge in [0.25, 0.3) is 0 Å². The van der Waals surface area contributed by atoms with Crippen LogP contribution in [-0.4, -0.2) is 47.2 Å². The zero-order chi connectivity index (χ0) is 13.2. The zero-order valence-corrected chi connectivity index (χ0v) is 11.7. The summed E-state index contributed by atoms with van der Waals surface area (Å²) >= 11 is 0. The summed E-state index contributed by atoms with van der Waals surface area (Å²) in [4.78, 5) is 13.6. The Labute approximate surface area is 115 Å². The van der Waals surface area contributed by atoms with E-state index in [0.717, 1.165) is 31.7 Å². The van der Waals surface area contributed by atoms with Crippen molar-refractivity contribution in [3.63, 3.8) is 0 Å². The normalized spacial score (nSPS) is 40.0. The van der Waals surface area contributed by atoms with E-state index in [2.05, 4.69) is 10.2 Å². The van der Waals surface area contributed by atoms with Crippen molar-refractivity contribution >= 4 is 5.97 Å². The van der Waals surface area contributed by atoms with Crippen LogP contribution in [0, 0.1) is 5.92 Å². The third kappa shape index (κ3) is 2.95. The second-order valence-electron chi connectivity index (χ2n) is 6.55. The molecule has 2 N–H and O–H groups in total. The molecular weight excluding hydrogens is 240 g/mol. The Kier molecular flexibility index (Phi) is 4.08. The number of hydrogen-bond acceptors (Lipinski definition) is 3. The number of aliphatic carboxylic acids is 1. The smallest absolute Gasteiger partial charge is 0.306 e. The fraction of sp³-hybridized carbons (Fsp3) is 0.933. The lowest BCUT2D eigenvalue weighted by Crippen LogP contribution is -2.49.